The topological polar surface area (TPSA) is 93.2 Å². The molecule has 0 saturated heterocycles. The smallest absolute Gasteiger partial charge is 0.338 e. The van der Waals surface area contributed by atoms with E-state index in [2.05, 4.69) is 27.5 Å². The van der Waals surface area contributed by atoms with Gasteiger partial charge in [0.05, 0.1) is 12.2 Å². The molecule has 2 N–H and O–H groups in total. The highest BCUT2D eigenvalue weighted by atomic mass is 16.5. The summed E-state index contributed by atoms with van der Waals surface area (Å²) in [5, 5.41) is 5.94. The summed E-state index contributed by atoms with van der Waals surface area (Å²) < 4.78 is 4.94. The minimum atomic E-state index is -0.388. The van der Waals surface area contributed by atoms with Crippen LogP contribution in [0.3, 0.4) is 0 Å². The number of hydrogen-bond donors (Lipinski definition) is 2. The van der Waals surface area contributed by atoms with Crippen LogP contribution in [0.25, 0.3) is 0 Å². The molecule has 2 rings (SSSR count). The van der Waals surface area contributed by atoms with Gasteiger partial charge >= 0.3 is 5.97 Å². The molecule has 0 spiro atoms. The van der Waals surface area contributed by atoms with E-state index in [1.54, 1.807) is 37.3 Å². The van der Waals surface area contributed by atoms with Crippen molar-refractivity contribution in [1.29, 1.82) is 0 Å². The number of anilines is 2. The van der Waals surface area contributed by atoms with Gasteiger partial charge in [-0.2, -0.15) is 0 Å². The van der Waals surface area contributed by atoms with Gasteiger partial charge < -0.3 is 15.4 Å². The zero-order valence-electron chi connectivity index (χ0n) is 16.0. The van der Waals surface area contributed by atoms with Crippen LogP contribution in [0, 0.1) is 6.92 Å². The fraction of sp³-hybridized carbons (Fsp3) is 0.400. The van der Waals surface area contributed by atoms with E-state index in [1.165, 1.54) is 0 Å². The number of nitrogens with zero attached hydrogens (tertiary/aromatic N) is 2. The Balaban J connectivity index is 2.02. The second-order valence-electron chi connectivity index (χ2n) is 6.10. The van der Waals surface area contributed by atoms with E-state index >= 15 is 0 Å². The average Bonchev–Trinajstić information content (AvgIpc) is 2.65. The first-order valence-electron chi connectivity index (χ1n) is 9.21. The standard InChI is InChI=1S/C20H26N4O3/c1-4-6-7-12-21-20-22-14(3)13-17(24-20)18(25)23-16-10-8-15(9-11-16)19(26)27-5-2/h8-11,13H,4-7,12H2,1-3H3,(H,23,25)(H,21,22,24). The second-order valence-corrected chi connectivity index (χ2v) is 6.10. The number of amides is 1. The summed E-state index contributed by atoms with van der Waals surface area (Å²) in [5.41, 5.74) is 2.01. The van der Waals surface area contributed by atoms with Gasteiger partial charge in [0.2, 0.25) is 5.95 Å². The van der Waals surface area contributed by atoms with Crippen LogP contribution in [0.1, 0.15) is 59.7 Å². The first-order valence-corrected chi connectivity index (χ1v) is 9.21. The molecule has 7 heteroatoms. The molecule has 0 bridgehead atoms. The summed E-state index contributed by atoms with van der Waals surface area (Å²) in [6.45, 7) is 6.81. The van der Waals surface area contributed by atoms with Gasteiger partial charge in [-0.05, 0) is 50.6 Å². The quantitative estimate of drug-likeness (QED) is 0.515. The minimum Gasteiger partial charge on any atom is -0.462 e. The van der Waals surface area contributed by atoms with Crippen LogP contribution in [-0.4, -0.2) is 35.0 Å². The molecule has 0 fully saturated rings. The van der Waals surface area contributed by atoms with Crippen molar-refractivity contribution in [1.82, 2.24) is 9.97 Å². The molecule has 0 atom stereocenters. The third-order valence-electron chi connectivity index (χ3n) is 3.80. The summed E-state index contributed by atoms with van der Waals surface area (Å²) in [5.74, 6) is -0.268. The molecule has 0 unspecified atom stereocenters. The van der Waals surface area contributed by atoms with E-state index < -0.39 is 0 Å². The first kappa shape index (κ1) is 20.4. The third-order valence-corrected chi connectivity index (χ3v) is 3.80. The Morgan fingerprint density at radius 1 is 1.07 bits per heavy atom. The number of carbonyl (C=O) groups excluding carboxylic acids is 2. The monoisotopic (exact) mass is 370 g/mol. The molecule has 1 aromatic heterocycles. The number of benzene rings is 1. The predicted octanol–water partition coefficient (Wildman–Crippen LogP) is 3.82. The fourth-order valence-electron chi connectivity index (χ4n) is 2.44. The number of nitrogens with one attached hydrogen (secondary N) is 2. The average molecular weight is 370 g/mol. The highest BCUT2D eigenvalue weighted by molar-refractivity contribution is 6.03. The molecule has 7 nitrogen and oxygen atoms in total. The van der Waals surface area contributed by atoms with E-state index in [0.717, 1.165) is 25.8 Å². The van der Waals surface area contributed by atoms with E-state index in [4.69, 9.17) is 4.74 Å². The predicted molar refractivity (Wildman–Crippen MR) is 105 cm³/mol. The molecular weight excluding hydrogens is 344 g/mol. The van der Waals surface area contributed by atoms with Crippen molar-refractivity contribution >= 4 is 23.5 Å². The number of unbranched alkanes of at least 4 members (excludes halogenated alkanes) is 2. The molecule has 1 heterocycles. The lowest BCUT2D eigenvalue weighted by Gasteiger charge is -2.09. The van der Waals surface area contributed by atoms with Gasteiger partial charge in [-0.15, -0.1) is 0 Å². The van der Waals surface area contributed by atoms with E-state index in [0.29, 0.717) is 29.5 Å². The van der Waals surface area contributed by atoms with Crippen LogP contribution in [0.15, 0.2) is 30.3 Å². The maximum Gasteiger partial charge on any atom is 0.338 e. The highest BCUT2D eigenvalue weighted by Crippen LogP contribution is 2.13. The van der Waals surface area contributed by atoms with Crippen molar-refractivity contribution in [2.24, 2.45) is 0 Å². The van der Waals surface area contributed by atoms with Crippen molar-refractivity contribution in [3.8, 4) is 0 Å². The number of carbonyl (C=O) groups is 2. The Morgan fingerprint density at radius 2 is 1.81 bits per heavy atom. The molecule has 144 valence electrons. The van der Waals surface area contributed by atoms with Crippen LogP contribution in [-0.2, 0) is 4.74 Å². The molecule has 0 aliphatic heterocycles. The van der Waals surface area contributed by atoms with Gasteiger partial charge in [0.1, 0.15) is 5.69 Å². The van der Waals surface area contributed by atoms with Crippen LogP contribution < -0.4 is 10.6 Å². The summed E-state index contributed by atoms with van der Waals surface area (Å²) in [6, 6.07) is 8.17. The first-order chi connectivity index (χ1) is 13.0. The normalized spacial score (nSPS) is 10.3. The molecule has 27 heavy (non-hydrogen) atoms. The Labute approximate surface area is 159 Å². The molecule has 0 saturated carbocycles. The highest BCUT2D eigenvalue weighted by Gasteiger charge is 2.12. The third kappa shape index (κ3) is 6.36. The van der Waals surface area contributed by atoms with Crippen LogP contribution >= 0.6 is 0 Å². The number of aryl methyl sites for hydroxylation is 1. The largest absolute Gasteiger partial charge is 0.462 e. The molecule has 0 aliphatic carbocycles. The lowest BCUT2D eigenvalue weighted by molar-refractivity contribution is 0.0526. The number of aromatic nitrogens is 2. The number of rotatable bonds is 9. The van der Waals surface area contributed by atoms with E-state index in [1.807, 2.05) is 6.92 Å². The van der Waals surface area contributed by atoms with E-state index in [9.17, 15) is 9.59 Å². The summed E-state index contributed by atoms with van der Waals surface area (Å²) in [7, 11) is 0. The molecule has 2 aromatic rings. The number of ether oxygens (including phenoxy) is 1. The van der Waals surface area contributed by atoms with Crippen LogP contribution in [0.2, 0.25) is 0 Å². The molecule has 0 aliphatic rings. The van der Waals surface area contributed by atoms with Gasteiger partial charge in [0.15, 0.2) is 0 Å². The Kier molecular flexibility index (Phi) is 7.73. The van der Waals surface area contributed by atoms with Crippen LogP contribution in [0.5, 0.6) is 0 Å². The van der Waals surface area contributed by atoms with Gasteiger partial charge in [-0.3, -0.25) is 4.79 Å². The van der Waals surface area contributed by atoms with Crippen molar-refractivity contribution < 1.29 is 14.3 Å². The van der Waals surface area contributed by atoms with Gasteiger partial charge in [0.25, 0.3) is 5.91 Å². The zero-order valence-corrected chi connectivity index (χ0v) is 16.0. The Bertz CT molecular complexity index is 775. The second kappa shape index (κ2) is 10.3. The van der Waals surface area contributed by atoms with Gasteiger partial charge in [0, 0.05) is 17.9 Å². The van der Waals surface area contributed by atoms with Crippen LogP contribution in [0.4, 0.5) is 11.6 Å². The summed E-state index contributed by atoms with van der Waals surface area (Å²) in [6.07, 6.45) is 3.30. The molecular formula is C20H26N4O3. The maximum absolute atomic E-state index is 12.5. The molecule has 1 aromatic carbocycles. The fourth-order valence-corrected chi connectivity index (χ4v) is 2.44. The lowest BCUT2D eigenvalue weighted by Crippen LogP contribution is -2.16. The van der Waals surface area contributed by atoms with E-state index in [-0.39, 0.29) is 17.6 Å². The number of hydrogen-bond acceptors (Lipinski definition) is 6. The Morgan fingerprint density at radius 3 is 2.48 bits per heavy atom. The summed E-state index contributed by atoms with van der Waals surface area (Å²) >= 11 is 0. The molecule has 0 radical (unpaired) electrons. The van der Waals surface area contributed by atoms with Crippen molar-refractivity contribution in [2.45, 2.75) is 40.0 Å². The lowest BCUT2D eigenvalue weighted by atomic mass is 10.2. The SMILES string of the molecule is CCCCCNc1nc(C)cc(C(=O)Nc2ccc(C(=O)OCC)cc2)n1. The minimum absolute atomic E-state index is 0.287. The Hall–Kier alpha value is -2.96. The van der Waals surface area contributed by atoms with Crippen molar-refractivity contribution in [2.75, 3.05) is 23.8 Å². The van der Waals surface area contributed by atoms with Crippen molar-refractivity contribution in [3.63, 3.8) is 0 Å². The van der Waals surface area contributed by atoms with Gasteiger partial charge in [-0.1, -0.05) is 19.8 Å². The summed E-state index contributed by atoms with van der Waals surface area (Å²) in [4.78, 5) is 32.8. The van der Waals surface area contributed by atoms with Gasteiger partial charge in [-0.25, -0.2) is 14.8 Å². The molecule has 1 amide bonds. The number of esters is 1. The van der Waals surface area contributed by atoms with Crippen molar-refractivity contribution in [3.05, 3.63) is 47.3 Å². The maximum atomic E-state index is 12.5. The zero-order chi connectivity index (χ0) is 19.6.